The van der Waals surface area contributed by atoms with Crippen molar-refractivity contribution in [1.29, 1.82) is 0 Å². The van der Waals surface area contributed by atoms with Crippen molar-refractivity contribution in [3.05, 3.63) is 42.6 Å². The lowest BCUT2D eigenvalue weighted by atomic mass is 10.2. The molecule has 1 aromatic heterocycles. The van der Waals surface area contributed by atoms with E-state index in [-0.39, 0.29) is 0 Å². The Labute approximate surface area is 131 Å². The molecule has 0 amide bonds. The monoisotopic (exact) mass is 295 g/mol. The third kappa shape index (κ3) is 2.98. The fraction of sp³-hybridized carbons (Fsp3) is 0.412. The summed E-state index contributed by atoms with van der Waals surface area (Å²) < 4.78 is 0. The minimum Gasteiger partial charge on any atom is -0.368 e. The van der Waals surface area contributed by atoms with E-state index in [0.29, 0.717) is 6.04 Å². The van der Waals surface area contributed by atoms with E-state index in [1.165, 1.54) is 18.5 Å². The molecule has 2 aliphatic rings. The number of nitrogens with one attached hydrogen (secondary N) is 1. The zero-order valence-corrected chi connectivity index (χ0v) is 12.7. The van der Waals surface area contributed by atoms with Gasteiger partial charge in [-0.25, -0.2) is 4.98 Å². The third-order valence-corrected chi connectivity index (χ3v) is 4.26. The first kappa shape index (κ1) is 13.4. The molecule has 1 aliphatic carbocycles. The molecule has 22 heavy (non-hydrogen) atoms. The van der Waals surface area contributed by atoms with E-state index in [9.17, 15) is 0 Å². The molecule has 1 saturated heterocycles. The summed E-state index contributed by atoms with van der Waals surface area (Å²) in [6.45, 7) is 3.94. The van der Waals surface area contributed by atoms with Crippen molar-refractivity contribution in [1.82, 2.24) is 9.97 Å². The third-order valence-electron chi connectivity index (χ3n) is 4.26. The van der Waals surface area contributed by atoms with Gasteiger partial charge < -0.3 is 15.1 Å². The lowest BCUT2D eigenvalue weighted by molar-refractivity contribution is 0.640. The molecule has 1 N–H and O–H groups in total. The Balaban J connectivity index is 1.40. The van der Waals surface area contributed by atoms with Gasteiger partial charge in [-0.1, -0.05) is 18.2 Å². The highest BCUT2D eigenvalue weighted by molar-refractivity contribution is 5.49. The number of para-hydroxylation sites is 1. The highest BCUT2D eigenvalue weighted by Gasteiger charge is 2.23. The van der Waals surface area contributed by atoms with Crippen LogP contribution < -0.4 is 15.1 Å². The minimum atomic E-state index is 0.623. The first-order valence-electron chi connectivity index (χ1n) is 8.03. The second-order valence-electron chi connectivity index (χ2n) is 5.97. The van der Waals surface area contributed by atoms with Crippen LogP contribution in [-0.2, 0) is 0 Å². The summed E-state index contributed by atoms with van der Waals surface area (Å²) in [5.41, 5.74) is 1.30. The van der Waals surface area contributed by atoms with E-state index in [1.54, 1.807) is 0 Å². The lowest BCUT2D eigenvalue weighted by Gasteiger charge is -2.36. The van der Waals surface area contributed by atoms with Crippen LogP contribution in [0.5, 0.6) is 0 Å². The number of benzene rings is 1. The minimum absolute atomic E-state index is 0.623. The summed E-state index contributed by atoms with van der Waals surface area (Å²) in [5, 5.41) is 3.44. The topological polar surface area (TPSA) is 44.3 Å². The van der Waals surface area contributed by atoms with Crippen molar-refractivity contribution in [2.45, 2.75) is 18.9 Å². The SMILES string of the molecule is c1ccc(N2CCN(c3nccc(NC4CC4)n3)CC2)cc1. The summed E-state index contributed by atoms with van der Waals surface area (Å²) in [6.07, 6.45) is 4.38. The molecule has 0 atom stereocenters. The predicted molar refractivity (Wildman–Crippen MR) is 89.5 cm³/mol. The molecule has 1 aromatic carbocycles. The molecular weight excluding hydrogens is 274 g/mol. The number of rotatable bonds is 4. The molecule has 5 heteroatoms. The quantitative estimate of drug-likeness (QED) is 0.938. The second kappa shape index (κ2) is 5.83. The first-order valence-corrected chi connectivity index (χ1v) is 8.03. The fourth-order valence-electron chi connectivity index (χ4n) is 2.82. The van der Waals surface area contributed by atoms with Gasteiger partial charge in [-0.15, -0.1) is 0 Å². The molecule has 0 bridgehead atoms. The van der Waals surface area contributed by atoms with Crippen molar-refractivity contribution in [2.24, 2.45) is 0 Å². The van der Waals surface area contributed by atoms with Gasteiger partial charge in [-0.05, 0) is 31.0 Å². The number of nitrogens with zero attached hydrogens (tertiary/aromatic N) is 4. The molecule has 2 heterocycles. The Kier molecular flexibility index (Phi) is 3.54. The Morgan fingerprint density at radius 2 is 1.64 bits per heavy atom. The van der Waals surface area contributed by atoms with E-state index in [1.807, 2.05) is 12.3 Å². The molecular formula is C17H21N5. The van der Waals surface area contributed by atoms with Crippen LogP contribution in [0.2, 0.25) is 0 Å². The summed E-state index contributed by atoms with van der Waals surface area (Å²) in [5.74, 6) is 1.80. The number of piperazine rings is 1. The largest absolute Gasteiger partial charge is 0.368 e. The molecule has 114 valence electrons. The van der Waals surface area contributed by atoms with Crippen molar-refractivity contribution in [2.75, 3.05) is 41.3 Å². The molecule has 2 aromatic rings. The average molecular weight is 295 g/mol. The van der Waals surface area contributed by atoms with E-state index in [0.717, 1.165) is 37.9 Å². The molecule has 1 saturated carbocycles. The summed E-state index contributed by atoms with van der Waals surface area (Å²) in [7, 11) is 0. The van der Waals surface area contributed by atoms with Gasteiger partial charge in [-0.3, -0.25) is 0 Å². The van der Waals surface area contributed by atoms with E-state index >= 15 is 0 Å². The maximum absolute atomic E-state index is 4.66. The lowest BCUT2D eigenvalue weighted by Crippen LogP contribution is -2.47. The van der Waals surface area contributed by atoms with Gasteiger partial charge in [0.1, 0.15) is 5.82 Å². The molecule has 2 fully saturated rings. The summed E-state index contributed by atoms with van der Waals surface area (Å²) >= 11 is 0. The van der Waals surface area contributed by atoms with Gasteiger partial charge in [0.2, 0.25) is 5.95 Å². The van der Waals surface area contributed by atoms with E-state index < -0.39 is 0 Å². The highest BCUT2D eigenvalue weighted by atomic mass is 15.3. The Hall–Kier alpha value is -2.30. The van der Waals surface area contributed by atoms with Gasteiger partial charge in [0.25, 0.3) is 0 Å². The molecule has 1 aliphatic heterocycles. The number of hydrogen-bond donors (Lipinski definition) is 1. The van der Waals surface area contributed by atoms with Crippen LogP contribution in [0.3, 0.4) is 0 Å². The molecule has 0 unspecified atom stereocenters. The summed E-state index contributed by atoms with van der Waals surface area (Å²) in [6, 6.07) is 13.2. The van der Waals surface area contributed by atoms with Gasteiger partial charge in [0.05, 0.1) is 0 Å². The fourth-order valence-corrected chi connectivity index (χ4v) is 2.82. The van der Waals surface area contributed by atoms with Crippen molar-refractivity contribution in [3.8, 4) is 0 Å². The van der Waals surface area contributed by atoms with Crippen LogP contribution in [0.15, 0.2) is 42.6 Å². The average Bonchev–Trinajstić information content (AvgIpc) is 3.40. The number of aromatic nitrogens is 2. The standard InChI is InChI=1S/C17H21N5/c1-2-4-15(5-3-1)21-10-12-22(13-11-21)17-18-9-8-16(20-17)19-14-6-7-14/h1-5,8-9,14H,6-7,10-13H2,(H,18,19,20). The Morgan fingerprint density at radius 1 is 0.909 bits per heavy atom. The highest BCUT2D eigenvalue weighted by Crippen LogP contribution is 2.24. The van der Waals surface area contributed by atoms with Crippen LogP contribution in [0, 0.1) is 0 Å². The normalized spacial score (nSPS) is 18.4. The maximum atomic E-state index is 4.66. The van der Waals surface area contributed by atoms with E-state index in [2.05, 4.69) is 55.4 Å². The van der Waals surface area contributed by atoms with E-state index in [4.69, 9.17) is 0 Å². The van der Waals surface area contributed by atoms with Crippen LogP contribution in [-0.4, -0.2) is 42.2 Å². The zero-order valence-electron chi connectivity index (χ0n) is 12.7. The maximum Gasteiger partial charge on any atom is 0.227 e. The van der Waals surface area contributed by atoms with Crippen LogP contribution in [0.1, 0.15) is 12.8 Å². The van der Waals surface area contributed by atoms with Gasteiger partial charge in [-0.2, -0.15) is 4.98 Å². The second-order valence-corrected chi connectivity index (χ2v) is 5.97. The van der Waals surface area contributed by atoms with Crippen LogP contribution in [0.4, 0.5) is 17.5 Å². The van der Waals surface area contributed by atoms with Crippen molar-refractivity contribution < 1.29 is 0 Å². The van der Waals surface area contributed by atoms with Crippen LogP contribution >= 0.6 is 0 Å². The Bertz CT molecular complexity index is 618. The number of hydrogen-bond acceptors (Lipinski definition) is 5. The number of anilines is 3. The molecule has 4 rings (SSSR count). The molecule has 0 spiro atoms. The zero-order chi connectivity index (χ0) is 14.8. The van der Waals surface area contributed by atoms with Gasteiger partial charge in [0.15, 0.2) is 0 Å². The predicted octanol–water partition coefficient (Wildman–Crippen LogP) is 2.38. The first-order chi connectivity index (χ1) is 10.9. The van der Waals surface area contributed by atoms with Crippen molar-refractivity contribution >= 4 is 17.5 Å². The summed E-state index contributed by atoms with van der Waals surface area (Å²) in [4.78, 5) is 13.8. The molecule has 0 radical (unpaired) electrons. The van der Waals surface area contributed by atoms with Gasteiger partial charge in [0, 0.05) is 44.1 Å². The van der Waals surface area contributed by atoms with Crippen molar-refractivity contribution in [3.63, 3.8) is 0 Å². The smallest absolute Gasteiger partial charge is 0.227 e. The van der Waals surface area contributed by atoms with Crippen LogP contribution in [0.25, 0.3) is 0 Å². The Morgan fingerprint density at radius 3 is 2.36 bits per heavy atom. The molecule has 5 nitrogen and oxygen atoms in total. The van der Waals surface area contributed by atoms with Gasteiger partial charge >= 0.3 is 0 Å².